The molecule has 2 aliphatic rings. The second-order valence-corrected chi connectivity index (χ2v) is 25.4. The summed E-state index contributed by atoms with van der Waals surface area (Å²) in [5.74, 6) is -0.0824. The second-order valence-electron chi connectivity index (χ2n) is 25.4. The highest BCUT2D eigenvalue weighted by atomic mass is 16.7. The molecule has 3 aromatic carbocycles. The number of ether oxygens (including phenoxy) is 3. The lowest BCUT2D eigenvalue weighted by atomic mass is 9.85. The summed E-state index contributed by atoms with van der Waals surface area (Å²) in [4.78, 5) is 77.0. The van der Waals surface area contributed by atoms with Gasteiger partial charge in [-0.2, -0.15) is 0 Å². The molecule has 1 aromatic heterocycles. The Kier molecular flexibility index (Phi) is 28.8. The van der Waals surface area contributed by atoms with E-state index in [9.17, 15) is 85.3 Å². The number of carbonyl (C=O) groups excluding carboxylic acids is 4. The van der Waals surface area contributed by atoms with Crippen molar-refractivity contribution in [3.63, 3.8) is 0 Å². The van der Waals surface area contributed by atoms with Crippen molar-refractivity contribution in [2.24, 2.45) is 16.2 Å². The lowest BCUT2D eigenvalue weighted by Crippen LogP contribution is -2.64. The van der Waals surface area contributed by atoms with Crippen LogP contribution in [-0.4, -0.2) is 159 Å². The molecule has 1 amide bonds. The van der Waals surface area contributed by atoms with Gasteiger partial charge in [0.15, 0.2) is 6.29 Å². The largest absolute Gasteiger partial charge is 0.394 e. The maximum Gasteiger partial charge on any atom is 0.300 e. The number of rotatable bonds is 22. The summed E-state index contributed by atoms with van der Waals surface area (Å²) in [7, 11) is 0. The number of non-ortho nitro benzene ring substituents is 2. The van der Waals surface area contributed by atoms with Gasteiger partial charge in [-0.15, -0.1) is 0 Å². The summed E-state index contributed by atoms with van der Waals surface area (Å²) in [5, 5.41) is 112. The third-order valence-corrected chi connectivity index (χ3v) is 13.9. The molecule has 8 N–H and O–H groups in total. The average Bonchev–Trinajstić information content (AvgIpc) is 2.25. The number of nitro benzene ring substituents is 3. The summed E-state index contributed by atoms with van der Waals surface area (Å²) >= 11 is 0. The van der Waals surface area contributed by atoms with Crippen LogP contribution in [0.25, 0.3) is 11.0 Å². The summed E-state index contributed by atoms with van der Waals surface area (Å²) in [6, 6.07) is 12.8. The van der Waals surface area contributed by atoms with Crippen LogP contribution in [0, 0.1) is 53.5 Å². The summed E-state index contributed by atoms with van der Waals surface area (Å²) in [5.41, 5.74) is 3.78. The van der Waals surface area contributed by atoms with Gasteiger partial charge in [0.05, 0.1) is 46.6 Å². The number of hydrogen-bond donors (Lipinski definition) is 8. The van der Waals surface area contributed by atoms with Crippen molar-refractivity contribution in [3.05, 3.63) is 101 Å². The minimum atomic E-state index is -1.67. The highest BCUT2D eigenvalue weighted by molar-refractivity contribution is 5.98. The number of benzene rings is 3. The molecule has 87 heavy (non-hydrogen) atoms. The summed E-state index contributed by atoms with van der Waals surface area (Å²) < 4.78 is 21.0. The van der Waals surface area contributed by atoms with Crippen LogP contribution in [0.1, 0.15) is 150 Å². The van der Waals surface area contributed by atoms with Crippen molar-refractivity contribution in [1.82, 2.24) is 10.3 Å². The predicted molar refractivity (Wildman–Crippen MR) is 317 cm³/mol. The standard InChI is InChI=1S/C22H31NO4.C18H34O10.C12H16N2O4.C8H7N3O3/c1-16(24)14-19(25)13-10-17-8-11-18(12-9-17)23-21(27)7-5-6-20(26)15-22(2,3)4;1-18(2,3)5-4-8-12(22)16(13(23)10(7-20)26-8)28-17-15(25)14(24)11(21)9(6-19)27-17;1-8-5-9(13(15)16)6-11(14(17)18)10(8)7-12(2,3)4;1-2-5-3-4-6(11(12)13)8-7(5)9-14-10-8/h8-9,11-12H,5-7,10,13-15H2,1-4H3,(H,23,27);8-17,19-25H,4-7H2,1-3H3;5-6H,7H2,1-4H3;3-4H,2H2,1H3/t;8-,9?,10?,11-,12?,13-,14-,15?,16+,17-;;/m.0../s1. The van der Waals surface area contributed by atoms with E-state index in [1.807, 2.05) is 81.4 Å². The normalized spacial score (nSPS) is 22.1. The van der Waals surface area contributed by atoms with Gasteiger partial charge in [-0.25, -0.2) is 4.63 Å². The number of nitrogens with zero attached hydrogens (tertiary/aromatic N) is 5. The molecule has 2 saturated heterocycles. The molecular formula is C60H88N6O21. The lowest BCUT2D eigenvalue weighted by Gasteiger charge is -2.46. The maximum atomic E-state index is 12.0. The molecule has 27 heteroatoms. The average molecular weight is 1230 g/mol. The smallest absolute Gasteiger partial charge is 0.300 e. The predicted octanol–water partition coefficient (Wildman–Crippen LogP) is 6.85. The Morgan fingerprint density at radius 2 is 1.25 bits per heavy atom. The van der Waals surface area contributed by atoms with E-state index < -0.39 is 89.2 Å². The fraction of sp³-hybridized carbons (Fsp3) is 0.633. The zero-order valence-corrected chi connectivity index (χ0v) is 51.7. The van der Waals surface area contributed by atoms with Crippen LogP contribution in [0.5, 0.6) is 0 Å². The van der Waals surface area contributed by atoms with Gasteiger partial charge in [-0.05, 0) is 114 Å². The molecular weight excluding hydrogens is 1140 g/mol. The summed E-state index contributed by atoms with van der Waals surface area (Å²) in [6.45, 7) is 22.0. The Labute approximate surface area is 505 Å². The van der Waals surface area contributed by atoms with Crippen LogP contribution in [-0.2, 0) is 52.7 Å². The molecule has 2 fully saturated rings. The van der Waals surface area contributed by atoms with Gasteiger partial charge in [0.1, 0.15) is 71.7 Å². The molecule has 484 valence electrons. The van der Waals surface area contributed by atoms with Crippen LogP contribution in [0.2, 0.25) is 0 Å². The minimum absolute atomic E-state index is 0.00754. The van der Waals surface area contributed by atoms with E-state index in [4.69, 9.17) is 14.2 Å². The minimum Gasteiger partial charge on any atom is -0.394 e. The SMILES string of the molecule is CC(=O)CC(=O)CCc1ccc(NC(=O)CCCC(=O)CC(C)(C)C)cc1.CC(C)(C)CC[C@@H]1OC(CO)[C@H](O)[C@H](O[C@@H]2OC(CO)[C@H](O)[C@H](O)C2O)C1O.CCc1ccc([N+](=O)[O-])c2nonc12.Cc1cc([N+](=O)[O-])cc([N+](=O)[O-])c1CC(C)(C)C. The molecule has 10 atom stereocenters. The molecule has 0 bridgehead atoms. The molecule has 27 nitrogen and oxygen atoms in total. The number of Topliss-reactive ketones (excluding diaryl/α,β-unsaturated/α-hetero) is 3. The lowest BCUT2D eigenvalue weighted by molar-refractivity contribution is -0.394. The zero-order valence-electron chi connectivity index (χ0n) is 51.7. The number of nitro groups is 3. The first-order valence-electron chi connectivity index (χ1n) is 28.7. The van der Waals surface area contributed by atoms with Crippen LogP contribution < -0.4 is 5.32 Å². The highest BCUT2D eigenvalue weighted by Gasteiger charge is 2.50. The number of nitrogens with one attached hydrogen (secondary N) is 1. The quantitative estimate of drug-likeness (QED) is 0.0226. The second kappa shape index (κ2) is 33.6. The Bertz CT molecular complexity index is 2930. The van der Waals surface area contributed by atoms with E-state index in [2.05, 4.69) is 20.3 Å². The first kappa shape index (κ1) is 74.6. The van der Waals surface area contributed by atoms with Crippen molar-refractivity contribution in [2.45, 2.75) is 215 Å². The van der Waals surface area contributed by atoms with E-state index >= 15 is 0 Å². The number of hydrogen-bond acceptors (Lipinski definition) is 23. The maximum absolute atomic E-state index is 12.0. The van der Waals surface area contributed by atoms with Gasteiger partial charge in [0.2, 0.25) is 11.4 Å². The highest BCUT2D eigenvalue weighted by Crippen LogP contribution is 2.35. The van der Waals surface area contributed by atoms with Gasteiger partial charge in [-0.1, -0.05) is 81.4 Å². The van der Waals surface area contributed by atoms with E-state index in [0.29, 0.717) is 80.1 Å². The number of fused-ring (bicyclic) bond motifs is 1. The number of amides is 1. The molecule has 0 spiro atoms. The topological polar surface area (TPSA) is 418 Å². The molecule has 3 heterocycles. The molecule has 6 rings (SSSR count). The summed E-state index contributed by atoms with van der Waals surface area (Å²) in [6.07, 6.45) is -8.12. The third-order valence-electron chi connectivity index (χ3n) is 13.9. The number of ketones is 3. The molecule has 0 saturated carbocycles. The number of carbonyl (C=O) groups is 4. The molecule has 0 aliphatic carbocycles. The van der Waals surface area contributed by atoms with Gasteiger partial charge in [0, 0.05) is 49.1 Å². The van der Waals surface area contributed by atoms with Crippen LogP contribution in [0.3, 0.4) is 0 Å². The van der Waals surface area contributed by atoms with Crippen molar-refractivity contribution in [2.75, 3.05) is 18.5 Å². The number of aryl methyl sites for hydroxylation is 3. The van der Waals surface area contributed by atoms with Gasteiger partial charge < -0.3 is 55.3 Å². The number of aliphatic hydroxyl groups excluding tert-OH is 7. The van der Waals surface area contributed by atoms with Crippen molar-refractivity contribution >= 4 is 57.0 Å². The van der Waals surface area contributed by atoms with E-state index in [1.165, 1.54) is 19.1 Å². The van der Waals surface area contributed by atoms with Crippen molar-refractivity contribution < 1.29 is 88.5 Å². The zero-order chi connectivity index (χ0) is 65.9. The van der Waals surface area contributed by atoms with Gasteiger partial charge in [0.25, 0.3) is 11.4 Å². The Morgan fingerprint density at radius 1 is 0.667 bits per heavy atom. The number of anilines is 1. The van der Waals surface area contributed by atoms with Gasteiger partial charge in [-0.3, -0.25) is 49.5 Å². The Balaban J connectivity index is 0.000000313. The van der Waals surface area contributed by atoms with E-state index in [1.54, 1.807) is 25.1 Å². The molecule has 0 radical (unpaired) electrons. The molecule has 2 aliphatic heterocycles. The Hall–Kier alpha value is -6.66. The third kappa shape index (κ3) is 24.4. The molecule has 4 unspecified atom stereocenters. The Morgan fingerprint density at radius 3 is 1.78 bits per heavy atom. The molecule has 4 aromatic rings. The van der Waals surface area contributed by atoms with Crippen molar-refractivity contribution in [3.8, 4) is 0 Å². The number of aromatic nitrogens is 2. The fourth-order valence-electron chi connectivity index (χ4n) is 9.37. The van der Waals surface area contributed by atoms with Gasteiger partial charge >= 0.3 is 5.69 Å². The van der Waals surface area contributed by atoms with Crippen LogP contribution >= 0.6 is 0 Å². The first-order chi connectivity index (χ1) is 40.4. The van der Waals surface area contributed by atoms with Crippen molar-refractivity contribution in [1.29, 1.82) is 0 Å². The monoisotopic (exact) mass is 1230 g/mol. The number of aliphatic hydroxyl groups is 7. The van der Waals surface area contributed by atoms with Crippen LogP contribution in [0.4, 0.5) is 22.7 Å². The van der Waals surface area contributed by atoms with E-state index in [-0.39, 0.29) is 68.5 Å². The van der Waals surface area contributed by atoms with E-state index in [0.717, 1.165) is 23.6 Å². The van der Waals surface area contributed by atoms with Crippen LogP contribution in [0.15, 0.2) is 53.2 Å². The fourth-order valence-corrected chi connectivity index (χ4v) is 9.37. The first-order valence-corrected chi connectivity index (χ1v) is 28.7.